The van der Waals surface area contributed by atoms with Gasteiger partial charge in [-0.05, 0) is 178 Å². The van der Waals surface area contributed by atoms with Crippen molar-refractivity contribution < 1.29 is 24.5 Å². The summed E-state index contributed by atoms with van der Waals surface area (Å²) in [6.45, 7) is 3.30. The standard InChI is InChI=1S/C50H66N4O5/c1-52-34-44(40-22-24-53-25-23-40)28-37(14-8-26-55)13-7-15-46(56)33-47(57)21-20-41-31-49(59-2)48(58)30-43(41)29-45-35-54-50(51)32-42(45)19-18-39-12-6-11-38(27-39)17-16-36-9-4-3-5-10-36/h3-6,9-12,20-21,27,30-32,35,37,40,44,52-53,55,58H,7-8,13-19,22-26,28-29,33-34H2,1-2H3,(H2,51,54)/t37-,44-/m0/s1. The second-order valence-corrected chi connectivity index (χ2v) is 16.4. The van der Waals surface area contributed by atoms with Crippen LogP contribution in [0.15, 0.2) is 85.1 Å². The molecule has 0 aliphatic carbocycles. The van der Waals surface area contributed by atoms with Crippen molar-refractivity contribution in [3.05, 3.63) is 124 Å². The monoisotopic (exact) mass is 803 g/mol. The summed E-state index contributed by atoms with van der Waals surface area (Å²) in [5, 5.41) is 27.2. The van der Waals surface area contributed by atoms with Crippen LogP contribution < -0.4 is 21.1 Å². The van der Waals surface area contributed by atoms with E-state index in [1.54, 1.807) is 24.4 Å². The quantitative estimate of drug-likeness (QED) is 0.0334. The van der Waals surface area contributed by atoms with Gasteiger partial charge in [0.2, 0.25) is 0 Å². The fraction of sp³-hybridized carbons (Fsp3) is 0.460. The molecule has 1 aliphatic heterocycles. The first-order chi connectivity index (χ1) is 28.7. The molecule has 59 heavy (non-hydrogen) atoms. The third-order valence-electron chi connectivity index (χ3n) is 12.0. The van der Waals surface area contributed by atoms with Crippen molar-refractivity contribution in [2.45, 2.75) is 89.9 Å². The van der Waals surface area contributed by atoms with Gasteiger partial charge < -0.3 is 31.3 Å². The van der Waals surface area contributed by atoms with Gasteiger partial charge in [-0.1, -0.05) is 67.1 Å². The van der Waals surface area contributed by atoms with E-state index in [4.69, 9.17) is 10.5 Å². The van der Waals surface area contributed by atoms with Gasteiger partial charge in [-0.3, -0.25) is 9.59 Å². The minimum atomic E-state index is -0.259. The largest absolute Gasteiger partial charge is 0.504 e. The molecule has 9 heteroatoms. The number of piperidine rings is 1. The average molecular weight is 803 g/mol. The number of hydrogen-bond donors (Lipinski definition) is 5. The van der Waals surface area contributed by atoms with Gasteiger partial charge in [0.1, 0.15) is 11.6 Å². The number of nitrogens with two attached hydrogens (primary N) is 1. The lowest BCUT2D eigenvalue weighted by molar-refractivity contribution is -0.124. The number of aromatic hydroxyl groups is 1. The summed E-state index contributed by atoms with van der Waals surface area (Å²) >= 11 is 0. The summed E-state index contributed by atoms with van der Waals surface area (Å²) in [4.78, 5) is 30.6. The molecule has 9 nitrogen and oxygen atoms in total. The fourth-order valence-corrected chi connectivity index (χ4v) is 8.71. The molecule has 316 valence electrons. The summed E-state index contributed by atoms with van der Waals surface area (Å²) < 4.78 is 5.43. The van der Waals surface area contributed by atoms with Gasteiger partial charge in [-0.15, -0.1) is 0 Å². The molecular formula is C50H66N4O5. The predicted molar refractivity (Wildman–Crippen MR) is 239 cm³/mol. The topological polar surface area (TPSA) is 147 Å². The minimum absolute atomic E-state index is 0.00347. The van der Waals surface area contributed by atoms with Crippen LogP contribution in [0.25, 0.3) is 6.08 Å². The number of Topliss-reactive ketones (excluding diaryl/α,β-unsaturated/α-hetero) is 1. The third kappa shape index (κ3) is 15.1. The summed E-state index contributed by atoms with van der Waals surface area (Å²) in [7, 11) is 3.51. The van der Waals surface area contributed by atoms with Crippen LogP contribution in [0.4, 0.5) is 5.82 Å². The second kappa shape index (κ2) is 24.3. The van der Waals surface area contributed by atoms with Crippen molar-refractivity contribution in [3.8, 4) is 11.5 Å². The normalized spacial score (nSPS) is 14.4. The molecule has 1 aliphatic rings. The lowest BCUT2D eigenvalue weighted by Crippen LogP contribution is -2.36. The van der Waals surface area contributed by atoms with Crippen molar-refractivity contribution in [2.75, 3.05) is 46.1 Å². The van der Waals surface area contributed by atoms with Crippen molar-refractivity contribution >= 4 is 23.5 Å². The maximum absolute atomic E-state index is 13.1. The molecule has 0 amide bonds. The lowest BCUT2D eigenvalue weighted by atomic mass is 9.77. The van der Waals surface area contributed by atoms with Gasteiger partial charge in [-0.2, -0.15) is 0 Å². The zero-order chi connectivity index (χ0) is 41.8. The van der Waals surface area contributed by atoms with Gasteiger partial charge in [-0.25, -0.2) is 4.98 Å². The van der Waals surface area contributed by atoms with Crippen LogP contribution in [-0.4, -0.2) is 67.2 Å². The third-order valence-corrected chi connectivity index (χ3v) is 12.0. The van der Waals surface area contributed by atoms with Crippen molar-refractivity contribution in [2.24, 2.45) is 17.8 Å². The Hall–Kier alpha value is -4.83. The van der Waals surface area contributed by atoms with Crippen LogP contribution >= 0.6 is 0 Å². The van der Waals surface area contributed by atoms with E-state index in [9.17, 15) is 19.8 Å². The molecule has 0 unspecified atom stereocenters. The number of aliphatic hydroxyl groups is 1. The highest BCUT2D eigenvalue weighted by Crippen LogP contribution is 2.33. The van der Waals surface area contributed by atoms with Gasteiger partial charge in [0.15, 0.2) is 17.3 Å². The highest BCUT2D eigenvalue weighted by atomic mass is 16.5. The number of nitrogens with zero attached hydrogens (tertiary/aromatic N) is 1. The number of aliphatic hydroxyl groups excluding tert-OH is 1. The number of nitrogen functional groups attached to an aromatic ring is 1. The first-order valence-electron chi connectivity index (χ1n) is 21.7. The number of methoxy groups -OCH3 is 1. The number of carbonyl (C=O) groups excluding carboxylic acids is 2. The van der Waals surface area contributed by atoms with E-state index in [-0.39, 0.29) is 30.3 Å². The molecule has 0 bridgehead atoms. The Morgan fingerprint density at radius 3 is 2.36 bits per heavy atom. The number of carbonyl (C=O) groups is 2. The molecule has 1 aromatic heterocycles. The van der Waals surface area contributed by atoms with E-state index in [1.807, 2.05) is 19.2 Å². The minimum Gasteiger partial charge on any atom is -0.504 e. The van der Waals surface area contributed by atoms with Crippen LogP contribution in [0.5, 0.6) is 11.5 Å². The molecular weight excluding hydrogens is 737 g/mol. The summed E-state index contributed by atoms with van der Waals surface area (Å²) in [6, 6.07) is 24.6. The predicted octanol–water partition coefficient (Wildman–Crippen LogP) is 7.87. The Morgan fingerprint density at radius 1 is 0.915 bits per heavy atom. The average Bonchev–Trinajstić information content (AvgIpc) is 3.25. The highest BCUT2D eigenvalue weighted by Gasteiger charge is 2.26. The number of rotatable bonds is 25. The fourth-order valence-electron chi connectivity index (χ4n) is 8.71. The summed E-state index contributed by atoms with van der Waals surface area (Å²) in [6.07, 6.45) is 16.0. The number of anilines is 1. The first kappa shape index (κ1) is 45.3. The number of benzene rings is 3. The zero-order valence-corrected chi connectivity index (χ0v) is 35.3. The molecule has 1 saturated heterocycles. The van der Waals surface area contributed by atoms with Crippen LogP contribution in [0.2, 0.25) is 0 Å². The SMILES string of the molecule is CNC[C@H](C[C@H](CCCO)CCCC(=O)CC(=O)C=Cc1cc(OC)c(O)cc1Cc1cnc(N)cc1CCc1cccc(CCc2ccccc2)c1)C1CCNCC1. The van der Waals surface area contributed by atoms with Gasteiger partial charge >= 0.3 is 0 Å². The first-order valence-corrected chi connectivity index (χ1v) is 21.7. The number of hydrogen-bond acceptors (Lipinski definition) is 9. The highest BCUT2D eigenvalue weighted by molar-refractivity contribution is 6.06. The lowest BCUT2D eigenvalue weighted by Gasteiger charge is -2.33. The number of phenolic OH excluding ortho intramolecular Hbond substituents is 1. The Balaban J connectivity index is 1.19. The van der Waals surface area contributed by atoms with E-state index < -0.39 is 0 Å². The van der Waals surface area contributed by atoms with E-state index in [0.717, 1.165) is 94.1 Å². The maximum atomic E-state index is 13.1. The van der Waals surface area contributed by atoms with Crippen molar-refractivity contribution in [3.63, 3.8) is 0 Å². The molecule has 5 rings (SSSR count). The number of ether oxygens (including phenoxy) is 1. The van der Waals surface area contributed by atoms with E-state index >= 15 is 0 Å². The number of nitrogens with one attached hydrogen (secondary N) is 2. The molecule has 4 aromatic rings. The van der Waals surface area contributed by atoms with E-state index in [2.05, 4.69) is 64.1 Å². The molecule has 0 saturated carbocycles. The van der Waals surface area contributed by atoms with E-state index in [0.29, 0.717) is 47.7 Å². The van der Waals surface area contributed by atoms with Gasteiger partial charge in [0, 0.05) is 19.2 Å². The van der Waals surface area contributed by atoms with Crippen LogP contribution in [0, 0.1) is 17.8 Å². The van der Waals surface area contributed by atoms with Crippen molar-refractivity contribution in [1.29, 1.82) is 0 Å². The molecule has 0 radical (unpaired) electrons. The number of ketones is 2. The molecule has 1 fully saturated rings. The Kier molecular flexibility index (Phi) is 18.6. The molecule has 2 atom stereocenters. The Bertz CT molecular complexity index is 1940. The number of phenols is 1. The van der Waals surface area contributed by atoms with Crippen LogP contribution in [0.3, 0.4) is 0 Å². The molecule has 6 N–H and O–H groups in total. The number of aryl methyl sites for hydroxylation is 4. The Labute approximate surface area is 351 Å². The number of aromatic nitrogens is 1. The molecule has 0 spiro atoms. The number of allylic oxidation sites excluding steroid dienone is 1. The molecule has 3 aromatic carbocycles. The number of pyridine rings is 1. The smallest absolute Gasteiger partial charge is 0.163 e. The Morgan fingerprint density at radius 2 is 1.63 bits per heavy atom. The molecule has 2 heterocycles. The van der Waals surface area contributed by atoms with Gasteiger partial charge in [0.05, 0.1) is 13.5 Å². The zero-order valence-electron chi connectivity index (χ0n) is 35.3. The second-order valence-electron chi connectivity index (χ2n) is 16.4. The van der Waals surface area contributed by atoms with Gasteiger partial charge in [0.25, 0.3) is 0 Å². The van der Waals surface area contributed by atoms with Crippen LogP contribution in [0.1, 0.15) is 96.7 Å². The van der Waals surface area contributed by atoms with E-state index in [1.165, 1.54) is 42.7 Å². The van der Waals surface area contributed by atoms with Crippen LogP contribution in [-0.2, 0) is 41.7 Å². The summed E-state index contributed by atoms with van der Waals surface area (Å²) in [5.41, 5.74) is 13.6. The maximum Gasteiger partial charge on any atom is 0.163 e. The van der Waals surface area contributed by atoms with Crippen molar-refractivity contribution in [1.82, 2.24) is 15.6 Å². The summed E-state index contributed by atoms with van der Waals surface area (Å²) in [5.74, 6) is 2.15.